The molecule has 0 unspecified atom stereocenters. The summed E-state index contributed by atoms with van der Waals surface area (Å²) in [6.45, 7) is 1.76. The second-order valence-electron chi connectivity index (χ2n) is 6.35. The van der Waals surface area contributed by atoms with Crippen molar-refractivity contribution in [2.45, 2.75) is 13.1 Å². The highest BCUT2D eigenvalue weighted by molar-refractivity contribution is 5.67. The molecular formula is C20H13F5N4. The molecule has 1 aromatic carbocycles. The molecule has 0 aliphatic carbocycles. The van der Waals surface area contributed by atoms with E-state index < -0.39 is 23.4 Å². The maximum Gasteiger partial charge on any atom is 0.419 e. The average Bonchev–Trinajstić information content (AvgIpc) is 2.96. The molecule has 0 atom stereocenters. The first-order chi connectivity index (χ1) is 13.7. The van der Waals surface area contributed by atoms with E-state index in [-0.39, 0.29) is 11.5 Å². The summed E-state index contributed by atoms with van der Waals surface area (Å²) in [5.41, 5.74) is 0.985. The number of hydrogen-bond donors (Lipinski definition) is 1. The van der Waals surface area contributed by atoms with Crippen LogP contribution < -0.4 is 5.32 Å². The SMILES string of the molecule is Cc1nc2ccc(F)cn2c1-c1cccc(Nc2ccc(C(F)(F)F)c(F)c2)n1. The van der Waals surface area contributed by atoms with Gasteiger partial charge in [-0.25, -0.2) is 18.7 Å². The van der Waals surface area contributed by atoms with Gasteiger partial charge in [-0.3, -0.25) is 4.40 Å². The molecule has 0 bridgehead atoms. The Bertz CT molecular complexity index is 1210. The van der Waals surface area contributed by atoms with Crippen molar-refractivity contribution in [3.63, 3.8) is 0 Å². The minimum absolute atomic E-state index is 0.112. The van der Waals surface area contributed by atoms with Crippen LogP contribution in [0.4, 0.5) is 33.5 Å². The van der Waals surface area contributed by atoms with E-state index in [1.807, 2.05) is 0 Å². The molecule has 0 aliphatic heterocycles. The van der Waals surface area contributed by atoms with E-state index >= 15 is 0 Å². The van der Waals surface area contributed by atoms with Crippen molar-refractivity contribution >= 4 is 17.2 Å². The Morgan fingerprint density at radius 1 is 0.966 bits per heavy atom. The third-order valence-electron chi connectivity index (χ3n) is 4.30. The van der Waals surface area contributed by atoms with Gasteiger partial charge in [-0.1, -0.05) is 6.07 Å². The molecule has 9 heteroatoms. The Labute approximate surface area is 161 Å². The van der Waals surface area contributed by atoms with E-state index in [1.165, 1.54) is 12.3 Å². The molecule has 3 heterocycles. The zero-order valence-corrected chi connectivity index (χ0v) is 14.9. The summed E-state index contributed by atoms with van der Waals surface area (Å²) < 4.78 is 67.1. The van der Waals surface area contributed by atoms with Crippen molar-refractivity contribution in [2.75, 3.05) is 5.32 Å². The number of hydrogen-bond acceptors (Lipinski definition) is 3. The number of nitrogens with one attached hydrogen (secondary N) is 1. The van der Waals surface area contributed by atoms with E-state index in [1.54, 1.807) is 35.6 Å². The van der Waals surface area contributed by atoms with Gasteiger partial charge in [0, 0.05) is 11.9 Å². The minimum atomic E-state index is -4.77. The van der Waals surface area contributed by atoms with E-state index in [9.17, 15) is 22.0 Å². The zero-order chi connectivity index (χ0) is 20.8. The molecule has 29 heavy (non-hydrogen) atoms. The lowest BCUT2D eigenvalue weighted by molar-refractivity contribution is -0.139. The highest BCUT2D eigenvalue weighted by Gasteiger charge is 2.33. The molecule has 0 radical (unpaired) electrons. The Kier molecular flexibility index (Phi) is 4.45. The fraction of sp³-hybridized carbons (Fsp3) is 0.100. The lowest BCUT2D eigenvalue weighted by Gasteiger charge is -2.11. The Hall–Kier alpha value is -3.49. The summed E-state index contributed by atoms with van der Waals surface area (Å²) >= 11 is 0. The fourth-order valence-corrected chi connectivity index (χ4v) is 3.05. The van der Waals surface area contributed by atoms with E-state index in [4.69, 9.17) is 0 Å². The molecular weight excluding hydrogens is 391 g/mol. The van der Waals surface area contributed by atoms with Crippen LogP contribution in [0.2, 0.25) is 0 Å². The summed E-state index contributed by atoms with van der Waals surface area (Å²) in [4.78, 5) is 8.78. The Morgan fingerprint density at radius 3 is 2.48 bits per heavy atom. The van der Waals surface area contributed by atoms with Gasteiger partial charge in [0.1, 0.15) is 23.1 Å². The van der Waals surface area contributed by atoms with Gasteiger partial charge in [0.2, 0.25) is 0 Å². The summed E-state index contributed by atoms with van der Waals surface area (Å²) in [6, 6.07) is 10.3. The van der Waals surface area contributed by atoms with E-state index in [0.29, 0.717) is 28.8 Å². The van der Waals surface area contributed by atoms with Crippen LogP contribution in [-0.2, 0) is 6.18 Å². The molecule has 148 valence electrons. The van der Waals surface area contributed by atoms with Crippen molar-refractivity contribution in [3.05, 3.63) is 77.6 Å². The Morgan fingerprint density at radius 2 is 1.76 bits per heavy atom. The monoisotopic (exact) mass is 404 g/mol. The normalized spacial score (nSPS) is 11.8. The van der Waals surface area contributed by atoms with Crippen LogP contribution in [0.3, 0.4) is 0 Å². The predicted octanol–water partition coefficient (Wildman–Crippen LogP) is 5.75. The second kappa shape index (κ2) is 6.84. The summed E-state index contributed by atoms with van der Waals surface area (Å²) in [5, 5.41) is 2.78. The third-order valence-corrected chi connectivity index (χ3v) is 4.30. The minimum Gasteiger partial charge on any atom is -0.340 e. The van der Waals surface area contributed by atoms with Crippen molar-refractivity contribution in [3.8, 4) is 11.4 Å². The number of imidazole rings is 1. The largest absolute Gasteiger partial charge is 0.419 e. The number of rotatable bonds is 3. The molecule has 3 aromatic heterocycles. The lowest BCUT2D eigenvalue weighted by atomic mass is 10.2. The fourth-order valence-electron chi connectivity index (χ4n) is 3.05. The number of pyridine rings is 2. The van der Waals surface area contributed by atoms with Crippen LogP contribution >= 0.6 is 0 Å². The molecule has 1 N–H and O–H groups in total. The number of nitrogens with zero attached hydrogens (tertiary/aromatic N) is 3. The highest BCUT2D eigenvalue weighted by atomic mass is 19.4. The van der Waals surface area contributed by atoms with Crippen molar-refractivity contribution in [2.24, 2.45) is 0 Å². The molecule has 4 aromatic rings. The third kappa shape index (κ3) is 3.63. The van der Waals surface area contributed by atoms with Gasteiger partial charge >= 0.3 is 6.18 Å². The molecule has 0 amide bonds. The molecule has 4 nitrogen and oxygen atoms in total. The van der Waals surface area contributed by atoms with Gasteiger partial charge in [0.05, 0.1) is 22.6 Å². The molecule has 0 spiro atoms. The van der Waals surface area contributed by atoms with Gasteiger partial charge < -0.3 is 5.32 Å². The summed E-state index contributed by atoms with van der Waals surface area (Å²) in [6.07, 6.45) is -3.48. The predicted molar refractivity (Wildman–Crippen MR) is 97.8 cm³/mol. The number of benzene rings is 1. The number of fused-ring (bicyclic) bond motifs is 1. The summed E-state index contributed by atoms with van der Waals surface area (Å²) in [7, 11) is 0. The molecule has 0 saturated carbocycles. The number of aryl methyl sites for hydroxylation is 1. The number of alkyl halides is 3. The van der Waals surface area contributed by atoms with Crippen molar-refractivity contribution in [1.29, 1.82) is 0 Å². The van der Waals surface area contributed by atoms with Gasteiger partial charge in [0.15, 0.2) is 0 Å². The molecule has 0 aliphatic rings. The first kappa shape index (κ1) is 18.9. The van der Waals surface area contributed by atoms with E-state index in [0.717, 1.165) is 12.1 Å². The highest BCUT2D eigenvalue weighted by Crippen LogP contribution is 2.33. The number of halogens is 5. The first-order valence-electron chi connectivity index (χ1n) is 8.48. The van der Waals surface area contributed by atoms with Gasteiger partial charge in [-0.15, -0.1) is 0 Å². The molecule has 0 saturated heterocycles. The van der Waals surface area contributed by atoms with E-state index in [2.05, 4.69) is 15.3 Å². The Balaban J connectivity index is 1.70. The quantitative estimate of drug-likeness (QED) is 0.443. The summed E-state index contributed by atoms with van der Waals surface area (Å²) in [5.74, 6) is -1.54. The van der Waals surface area contributed by atoms with Crippen LogP contribution in [0.5, 0.6) is 0 Å². The van der Waals surface area contributed by atoms with Gasteiger partial charge in [-0.2, -0.15) is 13.2 Å². The second-order valence-corrected chi connectivity index (χ2v) is 6.35. The number of anilines is 2. The first-order valence-corrected chi connectivity index (χ1v) is 8.48. The van der Waals surface area contributed by atoms with Crippen LogP contribution in [0.25, 0.3) is 17.0 Å². The van der Waals surface area contributed by atoms with Gasteiger partial charge in [0.25, 0.3) is 0 Å². The topological polar surface area (TPSA) is 42.2 Å². The standard InChI is InChI=1S/C20H13F5N4/c1-11-19(29-10-12(21)5-8-18(29)26-11)16-3-2-4-17(28-16)27-13-6-7-14(15(22)9-13)20(23,24)25/h2-10H,1H3,(H,27,28). The molecule has 4 rings (SSSR count). The van der Waals surface area contributed by atoms with Crippen LogP contribution in [0.15, 0.2) is 54.7 Å². The van der Waals surface area contributed by atoms with Crippen LogP contribution in [0.1, 0.15) is 11.3 Å². The average molecular weight is 404 g/mol. The maximum absolute atomic E-state index is 13.8. The van der Waals surface area contributed by atoms with Gasteiger partial charge in [-0.05, 0) is 49.4 Å². The molecule has 0 fully saturated rings. The van der Waals surface area contributed by atoms with Crippen molar-refractivity contribution in [1.82, 2.24) is 14.4 Å². The number of aromatic nitrogens is 3. The van der Waals surface area contributed by atoms with Crippen molar-refractivity contribution < 1.29 is 22.0 Å². The zero-order valence-electron chi connectivity index (χ0n) is 14.9. The maximum atomic E-state index is 13.8. The lowest BCUT2D eigenvalue weighted by Crippen LogP contribution is -2.08. The van der Waals surface area contributed by atoms with Crippen LogP contribution in [0, 0.1) is 18.6 Å². The van der Waals surface area contributed by atoms with Crippen LogP contribution in [-0.4, -0.2) is 14.4 Å². The smallest absolute Gasteiger partial charge is 0.340 e.